The number of hydrogen-bond acceptors (Lipinski definition) is 2. The Morgan fingerprint density at radius 3 is 3.14 bits per heavy atom. The van der Waals surface area contributed by atoms with Crippen molar-refractivity contribution in [1.29, 1.82) is 0 Å². The van der Waals surface area contributed by atoms with E-state index in [-0.39, 0.29) is 0 Å². The van der Waals surface area contributed by atoms with Crippen molar-refractivity contribution in [2.75, 3.05) is 11.9 Å². The van der Waals surface area contributed by atoms with Crippen molar-refractivity contribution < 1.29 is 4.74 Å². The molecule has 2 nitrogen and oxygen atoms in total. The lowest BCUT2D eigenvalue weighted by Crippen LogP contribution is -2.22. The lowest BCUT2D eigenvalue weighted by molar-refractivity contribution is 0.340. The molecule has 1 aliphatic rings. The van der Waals surface area contributed by atoms with E-state index in [2.05, 4.69) is 24.4 Å². The third kappa shape index (κ3) is 1.69. The molecule has 0 saturated heterocycles. The molecule has 0 saturated carbocycles. The van der Waals surface area contributed by atoms with Crippen LogP contribution in [0.4, 0.5) is 5.69 Å². The van der Waals surface area contributed by atoms with Gasteiger partial charge < -0.3 is 10.1 Å². The van der Waals surface area contributed by atoms with Gasteiger partial charge in [-0.15, -0.1) is 0 Å². The van der Waals surface area contributed by atoms with E-state index in [1.807, 2.05) is 13.0 Å². The van der Waals surface area contributed by atoms with Crippen LogP contribution in [0.5, 0.6) is 5.75 Å². The van der Waals surface area contributed by atoms with Gasteiger partial charge in [-0.3, -0.25) is 0 Å². The topological polar surface area (TPSA) is 21.3 Å². The van der Waals surface area contributed by atoms with Crippen LogP contribution in [0.2, 0.25) is 0 Å². The Kier molecular flexibility index (Phi) is 2.62. The largest absolute Gasteiger partial charge is 0.492 e. The van der Waals surface area contributed by atoms with Crippen molar-refractivity contribution in [3.63, 3.8) is 0 Å². The highest BCUT2D eigenvalue weighted by Gasteiger charge is 2.17. The Labute approximate surface area is 85.3 Å². The van der Waals surface area contributed by atoms with E-state index in [4.69, 9.17) is 4.74 Å². The molecular weight excluding hydrogens is 174 g/mol. The average molecular weight is 191 g/mol. The number of hydrogen-bond donors (Lipinski definition) is 1. The predicted molar refractivity (Wildman–Crippen MR) is 59.0 cm³/mol. The van der Waals surface area contributed by atoms with Crippen molar-refractivity contribution >= 4 is 5.69 Å². The van der Waals surface area contributed by atoms with Gasteiger partial charge in [0, 0.05) is 6.04 Å². The molecule has 1 aromatic carbocycles. The Bertz CT molecular complexity index is 322. The summed E-state index contributed by atoms with van der Waals surface area (Å²) >= 11 is 0. The molecule has 1 atom stereocenters. The average Bonchev–Trinajstić information content (AvgIpc) is 2.19. The summed E-state index contributed by atoms with van der Waals surface area (Å²) in [5, 5.41) is 3.49. The molecular formula is C12H17NO. The minimum absolute atomic E-state index is 0.559. The minimum atomic E-state index is 0.559. The second-order valence-electron chi connectivity index (χ2n) is 3.81. The second-order valence-corrected chi connectivity index (χ2v) is 3.81. The van der Waals surface area contributed by atoms with Gasteiger partial charge in [0.2, 0.25) is 0 Å². The first-order chi connectivity index (χ1) is 6.81. The van der Waals surface area contributed by atoms with Gasteiger partial charge in [-0.1, -0.05) is 12.1 Å². The van der Waals surface area contributed by atoms with Crippen LogP contribution in [0.15, 0.2) is 18.2 Å². The van der Waals surface area contributed by atoms with E-state index in [1.165, 1.54) is 17.7 Å². The summed E-state index contributed by atoms with van der Waals surface area (Å²) in [5.41, 5.74) is 2.59. The van der Waals surface area contributed by atoms with E-state index in [0.717, 1.165) is 18.8 Å². The maximum atomic E-state index is 5.59. The minimum Gasteiger partial charge on any atom is -0.492 e. The van der Waals surface area contributed by atoms with E-state index < -0.39 is 0 Å². The zero-order valence-corrected chi connectivity index (χ0v) is 8.84. The van der Waals surface area contributed by atoms with E-state index in [0.29, 0.717) is 6.04 Å². The van der Waals surface area contributed by atoms with Gasteiger partial charge in [0.15, 0.2) is 0 Å². The molecule has 0 fully saturated rings. The zero-order valence-electron chi connectivity index (χ0n) is 8.84. The molecule has 1 N–H and O–H groups in total. The quantitative estimate of drug-likeness (QED) is 0.776. The summed E-state index contributed by atoms with van der Waals surface area (Å²) in [4.78, 5) is 0. The van der Waals surface area contributed by atoms with Crippen molar-refractivity contribution in [3.8, 4) is 5.75 Å². The van der Waals surface area contributed by atoms with Crippen LogP contribution in [0.3, 0.4) is 0 Å². The van der Waals surface area contributed by atoms with E-state index in [1.54, 1.807) is 0 Å². The first-order valence-corrected chi connectivity index (χ1v) is 5.32. The molecule has 0 aromatic heterocycles. The van der Waals surface area contributed by atoms with Crippen molar-refractivity contribution in [1.82, 2.24) is 0 Å². The molecule has 14 heavy (non-hydrogen) atoms. The van der Waals surface area contributed by atoms with Gasteiger partial charge >= 0.3 is 0 Å². The Morgan fingerprint density at radius 1 is 1.50 bits per heavy atom. The highest BCUT2D eigenvalue weighted by molar-refractivity contribution is 5.63. The fourth-order valence-electron chi connectivity index (χ4n) is 1.92. The Hall–Kier alpha value is -1.18. The smallest absolute Gasteiger partial charge is 0.142 e. The molecule has 0 radical (unpaired) electrons. The van der Waals surface area contributed by atoms with Gasteiger partial charge in [-0.2, -0.15) is 0 Å². The van der Waals surface area contributed by atoms with Crippen LogP contribution in [0, 0.1) is 0 Å². The lowest BCUT2D eigenvalue weighted by Gasteiger charge is -2.26. The molecule has 1 aliphatic heterocycles. The van der Waals surface area contributed by atoms with Crippen molar-refractivity contribution in [2.24, 2.45) is 0 Å². The maximum absolute atomic E-state index is 5.59. The first kappa shape index (κ1) is 9.38. The third-order valence-corrected chi connectivity index (χ3v) is 2.65. The van der Waals surface area contributed by atoms with Crippen LogP contribution >= 0.6 is 0 Å². The fraction of sp³-hybridized carbons (Fsp3) is 0.500. The number of anilines is 1. The molecule has 2 heteroatoms. The van der Waals surface area contributed by atoms with Crippen LogP contribution < -0.4 is 10.1 Å². The lowest BCUT2D eigenvalue weighted by atomic mass is 9.98. The molecule has 1 heterocycles. The first-order valence-electron chi connectivity index (χ1n) is 5.32. The third-order valence-electron chi connectivity index (χ3n) is 2.65. The maximum Gasteiger partial charge on any atom is 0.142 e. The van der Waals surface area contributed by atoms with E-state index >= 15 is 0 Å². The molecule has 1 aromatic rings. The SMILES string of the molecule is CCOc1cccc2c1NC(C)CC2. The van der Waals surface area contributed by atoms with Crippen LogP contribution in [-0.4, -0.2) is 12.6 Å². The Morgan fingerprint density at radius 2 is 2.36 bits per heavy atom. The van der Waals surface area contributed by atoms with Gasteiger partial charge in [0.05, 0.1) is 12.3 Å². The molecule has 1 unspecified atom stereocenters. The van der Waals surface area contributed by atoms with E-state index in [9.17, 15) is 0 Å². The van der Waals surface area contributed by atoms with Crippen LogP contribution in [0.25, 0.3) is 0 Å². The van der Waals surface area contributed by atoms with Crippen molar-refractivity contribution in [2.45, 2.75) is 32.7 Å². The molecule has 0 spiro atoms. The fourth-order valence-corrected chi connectivity index (χ4v) is 1.92. The molecule has 0 aliphatic carbocycles. The summed E-state index contributed by atoms with van der Waals surface area (Å²) < 4.78 is 5.59. The normalized spacial score (nSPS) is 19.7. The monoisotopic (exact) mass is 191 g/mol. The van der Waals surface area contributed by atoms with Crippen LogP contribution in [-0.2, 0) is 6.42 Å². The zero-order chi connectivity index (χ0) is 9.97. The van der Waals surface area contributed by atoms with Gasteiger partial charge in [-0.25, -0.2) is 0 Å². The summed E-state index contributed by atoms with van der Waals surface area (Å²) in [6.07, 6.45) is 2.37. The number of ether oxygens (including phenoxy) is 1. The Balaban J connectivity index is 2.33. The summed E-state index contributed by atoms with van der Waals surface area (Å²) in [7, 11) is 0. The summed E-state index contributed by atoms with van der Waals surface area (Å²) in [5.74, 6) is 0.997. The van der Waals surface area contributed by atoms with Gasteiger partial charge in [0.25, 0.3) is 0 Å². The molecule has 0 amide bonds. The number of rotatable bonds is 2. The van der Waals surface area contributed by atoms with Crippen molar-refractivity contribution in [3.05, 3.63) is 23.8 Å². The molecule has 0 bridgehead atoms. The molecule has 76 valence electrons. The highest BCUT2D eigenvalue weighted by Crippen LogP contribution is 2.33. The highest BCUT2D eigenvalue weighted by atomic mass is 16.5. The number of benzene rings is 1. The van der Waals surface area contributed by atoms with Gasteiger partial charge in [-0.05, 0) is 38.3 Å². The molecule has 2 rings (SSSR count). The predicted octanol–water partition coefficient (Wildman–Crippen LogP) is 2.83. The number of nitrogens with one attached hydrogen (secondary N) is 1. The number of aryl methyl sites for hydroxylation is 1. The second kappa shape index (κ2) is 3.91. The van der Waals surface area contributed by atoms with Gasteiger partial charge in [0.1, 0.15) is 5.75 Å². The number of fused-ring (bicyclic) bond motifs is 1. The summed E-state index contributed by atoms with van der Waals surface area (Å²) in [6, 6.07) is 6.84. The van der Waals surface area contributed by atoms with Crippen LogP contribution in [0.1, 0.15) is 25.8 Å². The standard InChI is InChI=1S/C12H17NO/c1-3-14-11-6-4-5-10-8-7-9(2)13-12(10)11/h4-6,9,13H,3,7-8H2,1-2H3. The summed E-state index contributed by atoms with van der Waals surface area (Å²) in [6.45, 7) is 4.96. The number of para-hydroxylation sites is 1.